The number of furan rings is 1. The second kappa shape index (κ2) is 10.7. The van der Waals surface area contributed by atoms with E-state index < -0.39 is 11.2 Å². The largest absolute Gasteiger partial charge is 0.467 e. The first-order valence-corrected chi connectivity index (χ1v) is 12.4. The average molecular weight is 486 g/mol. The van der Waals surface area contributed by atoms with Crippen molar-refractivity contribution in [3.63, 3.8) is 0 Å². The second-order valence-corrected chi connectivity index (χ2v) is 9.90. The fourth-order valence-electron chi connectivity index (χ4n) is 3.94. The van der Waals surface area contributed by atoms with Crippen LogP contribution in [0.2, 0.25) is 0 Å². The molecule has 4 rings (SSSR count). The maximum atomic E-state index is 13.7. The van der Waals surface area contributed by atoms with Gasteiger partial charge >= 0.3 is 0 Å². The molecule has 1 aliphatic heterocycles. The molecule has 1 fully saturated rings. The molecule has 2 amide bonds. The summed E-state index contributed by atoms with van der Waals surface area (Å²) in [4.78, 5) is 28.2. The Kier molecular flexibility index (Phi) is 7.42. The van der Waals surface area contributed by atoms with Gasteiger partial charge in [0, 0.05) is 5.69 Å². The second-order valence-electron chi connectivity index (χ2n) is 8.71. The minimum absolute atomic E-state index is 0.0878. The predicted molar refractivity (Wildman–Crippen MR) is 137 cm³/mol. The highest BCUT2D eigenvalue weighted by molar-refractivity contribution is 8.05. The van der Waals surface area contributed by atoms with E-state index in [-0.39, 0.29) is 18.0 Å². The van der Waals surface area contributed by atoms with Crippen LogP contribution in [0, 0.1) is 18.3 Å². The molecule has 0 radical (unpaired) electrons. The number of nitrogens with zero attached hydrogens (tertiary/aromatic N) is 2. The lowest BCUT2D eigenvalue weighted by Crippen LogP contribution is -2.32. The van der Waals surface area contributed by atoms with E-state index in [0.29, 0.717) is 28.8 Å². The molecular weight excluding hydrogens is 458 g/mol. The van der Waals surface area contributed by atoms with Crippen molar-refractivity contribution in [2.24, 2.45) is 0 Å². The number of rotatable bonds is 7. The van der Waals surface area contributed by atoms with Crippen LogP contribution in [0.15, 0.2) is 81.9 Å². The van der Waals surface area contributed by atoms with E-state index in [4.69, 9.17) is 4.42 Å². The molecule has 7 heteroatoms. The highest BCUT2D eigenvalue weighted by Gasteiger charge is 2.41. The van der Waals surface area contributed by atoms with Gasteiger partial charge in [-0.25, -0.2) is 0 Å². The quantitative estimate of drug-likeness (QED) is 0.355. The van der Waals surface area contributed by atoms with Crippen molar-refractivity contribution in [2.75, 3.05) is 4.90 Å². The van der Waals surface area contributed by atoms with Gasteiger partial charge in [0.05, 0.1) is 18.1 Å². The van der Waals surface area contributed by atoms with Crippen LogP contribution in [0.1, 0.15) is 42.2 Å². The minimum atomic E-state index is -0.542. The third-order valence-corrected chi connectivity index (χ3v) is 7.26. The summed E-state index contributed by atoms with van der Waals surface area (Å²) >= 11 is 1.27. The van der Waals surface area contributed by atoms with Crippen LogP contribution in [-0.4, -0.2) is 17.1 Å². The maximum absolute atomic E-state index is 13.7. The summed E-state index contributed by atoms with van der Waals surface area (Å²) in [5.41, 5.74) is 3.86. The highest BCUT2D eigenvalue weighted by Crippen LogP contribution is 2.42. The molecule has 6 nitrogen and oxygen atoms in total. The molecule has 178 valence electrons. The number of aryl methyl sites for hydroxylation is 1. The number of hydrogen-bond donors (Lipinski definition) is 1. The summed E-state index contributed by atoms with van der Waals surface area (Å²) in [5, 5.41) is 12.6. The Bertz CT molecular complexity index is 1290. The van der Waals surface area contributed by atoms with Crippen LogP contribution in [0.4, 0.5) is 5.69 Å². The number of nitriles is 1. The van der Waals surface area contributed by atoms with Crippen molar-refractivity contribution < 1.29 is 14.0 Å². The average Bonchev–Trinajstić information content (AvgIpc) is 3.48. The first-order chi connectivity index (χ1) is 16.9. The van der Waals surface area contributed by atoms with Gasteiger partial charge in [-0.1, -0.05) is 62.0 Å². The van der Waals surface area contributed by atoms with Crippen molar-refractivity contribution in [3.8, 4) is 6.07 Å². The molecule has 2 aromatic carbocycles. The van der Waals surface area contributed by atoms with E-state index in [0.717, 1.165) is 16.7 Å². The lowest BCUT2D eigenvalue weighted by Gasteiger charge is -2.19. The molecule has 1 N–H and O–H groups in total. The van der Waals surface area contributed by atoms with Gasteiger partial charge in [0.25, 0.3) is 5.91 Å². The van der Waals surface area contributed by atoms with Gasteiger partial charge in [0.1, 0.15) is 22.4 Å². The van der Waals surface area contributed by atoms with Crippen LogP contribution in [-0.2, 0) is 22.6 Å². The van der Waals surface area contributed by atoms with E-state index >= 15 is 0 Å². The van der Waals surface area contributed by atoms with Gasteiger partial charge in [0.2, 0.25) is 5.91 Å². The Labute approximate surface area is 209 Å². The zero-order valence-corrected chi connectivity index (χ0v) is 20.8. The van der Waals surface area contributed by atoms with Gasteiger partial charge in [-0.3, -0.25) is 14.5 Å². The van der Waals surface area contributed by atoms with E-state index in [9.17, 15) is 14.9 Å². The number of nitrogens with one attached hydrogen (secondary N) is 1. The summed E-state index contributed by atoms with van der Waals surface area (Å²) in [6.45, 7) is 6.37. The van der Waals surface area contributed by atoms with Crippen LogP contribution < -0.4 is 10.2 Å². The fourth-order valence-corrected chi connectivity index (χ4v) is 5.23. The third kappa shape index (κ3) is 5.33. The molecule has 1 atom stereocenters. The smallest absolute Gasteiger partial charge is 0.265 e. The monoisotopic (exact) mass is 485 g/mol. The molecule has 35 heavy (non-hydrogen) atoms. The molecule has 2 heterocycles. The molecule has 0 saturated carbocycles. The number of carbonyl (C=O) groups is 2. The number of amides is 2. The van der Waals surface area contributed by atoms with Crippen LogP contribution in [0.25, 0.3) is 0 Å². The third-order valence-electron chi connectivity index (χ3n) is 5.99. The SMILES string of the molecule is Cc1ccccc1CC1S/C(=C(/C#N)C(=O)NCc2ccco2)N(c2ccc(C(C)C)cc2)C1=O. The number of carbonyl (C=O) groups excluding carboxylic acids is 2. The first kappa shape index (κ1) is 24.4. The van der Waals surface area contributed by atoms with Crippen molar-refractivity contribution in [2.45, 2.75) is 44.9 Å². The van der Waals surface area contributed by atoms with Gasteiger partial charge in [0.15, 0.2) is 0 Å². The Hall–Kier alpha value is -3.76. The molecule has 1 saturated heterocycles. The van der Waals surface area contributed by atoms with Crippen molar-refractivity contribution in [1.29, 1.82) is 5.26 Å². The highest BCUT2D eigenvalue weighted by atomic mass is 32.2. The lowest BCUT2D eigenvalue weighted by atomic mass is 10.0. The number of anilines is 1. The maximum Gasteiger partial charge on any atom is 0.265 e. The summed E-state index contributed by atoms with van der Waals surface area (Å²) in [7, 11) is 0. The molecule has 1 aliphatic rings. The lowest BCUT2D eigenvalue weighted by molar-refractivity contribution is -0.117. The Morgan fingerprint density at radius 2 is 1.89 bits per heavy atom. The van der Waals surface area contributed by atoms with Crippen molar-refractivity contribution in [1.82, 2.24) is 5.32 Å². The molecule has 1 aromatic heterocycles. The van der Waals surface area contributed by atoms with E-state index in [1.165, 1.54) is 22.9 Å². The van der Waals surface area contributed by atoms with Gasteiger partial charge in [-0.2, -0.15) is 5.26 Å². The standard InChI is InChI=1S/C28H27N3O3S/c1-18(2)20-10-12-22(13-11-20)31-27(33)25(15-21-8-5-4-7-19(21)3)35-28(31)24(16-29)26(32)30-17-23-9-6-14-34-23/h4-14,18,25H,15,17H2,1-3H3,(H,30,32)/b28-24-. The summed E-state index contributed by atoms with van der Waals surface area (Å²) in [6.07, 6.45) is 2.03. The van der Waals surface area contributed by atoms with Crippen molar-refractivity contribution >= 4 is 29.3 Å². The summed E-state index contributed by atoms with van der Waals surface area (Å²) in [5.74, 6) is 0.240. The summed E-state index contributed by atoms with van der Waals surface area (Å²) in [6, 6.07) is 21.2. The first-order valence-electron chi connectivity index (χ1n) is 11.5. The van der Waals surface area contributed by atoms with E-state index in [2.05, 4.69) is 19.2 Å². The van der Waals surface area contributed by atoms with Crippen molar-refractivity contribution in [3.05, 3.63) is 100.0 Å². The zero-order chi connectivity index (χ0) is 24.9. The minimum Gasteiger partial charge on any atom is -0.467 e. The molecular formula is C28H27N3O3S. The summed E-state index contributed by atoms with van der Waals surface area (Å²) < 4.78 is 5.27. The number of hydrogen-bond acceptors (Lipinski definition) is 5. The van der Waals surface area contributed by atoms with Crippen LogP contribution >= 0.6 is 11.8 Å². The van der Waals surface area contributed by atoms with Crippen LogP contribution in [0.5, 0.6) is 0 Å². The normalized spacial score (nSPS) is 16.9. The predicted octanol–water partition coefficient (Wildman–Crippen LogP) is 5.45. The molecule has 0 spiro atoms. The number of thioether (sulfide) groups is 1. The van der Waals surface area contributed by atoms with Gasteiger partial charge in [-0.05, 0) is 60.2 Å². The zero-order valence-electron chi connectivity index (χ0n) is 19.9. The molecule has 1 unspecified atom stereocenters. The number of benzene rings is 2. The van der Waals surface area contributed by atoms with Gasteiger partial charge < -0.3 is 9.73 Å². The fraction of sp³-hybridized carbons (Fsp3) is 0.250. The molecule has 0 aliphatic carbocycles. The van der Waals surface area contributed by atoms with E-state index in [1.807, 2.05) is 61.5 Å². The Morgan fingerprint density at radius 3 is 2.51 bits per heavy atom. The van der Waals surface area contributed by atoms with Gasteiger partial charge in [-0.15, -0.1) is 0 Å². The van der Waals surface area contributed by atoms with Crippen LogP contribution in [0.3, 0.4) is 0 Å². The molecule has 0 bridgehead atoms. The Morgan fingerprint density at radius 1 is 1.14 bits per heavy atom. The molecule has 3 aromatic rings. The van der Waals surface area contributed by atoms with E-state index in [1.54, 1.807) is 12.1 Å². The topological polar surface area (TPSA) is 86.3 Å². The Balaban J connectivity index is 1.70.